The molecule has 0 rings (SSSR count). The number of hydrogen-bond donors (Lipinski definition) is 0. The van der Waals surface area contributed by atoms with Crippen molar-refractivity contribution in [3.8, 4) is 0 Å². The smallest absolute Gasteiger partial charge is 0.124 e. The Morgan fingerprint density at radius 3 is 2.25 bits per heavy atom. The summed E-state index contributed by atoms with van der Waals surface area (Å²) in [6.45, 7) is 6.15. The first-order valence-corrected chi connectivity index (χ1v) is 5.84. The molecule has 0 aromatic heterocycles. The molecule has 0 heterocycles. The number of hydrogen-bond acceptors (Lipinski definition) is 1. The van der Waals surface area contributed by atoms with Crippen molar-refractivity contribution in [2.75, 3.05) is 0 Å². The predicted octanol–water partition coefficient (Wildman–Crippen LogP) is 2.52. The van der Waals surface area contributed by atoms with Gasteiger partial charge in [0.25, 0.3) is 0 Å². The van der Waals surface area contributed by atoms with E-state index in [2.05, 4.69) is 16.6 Å². The second-order valence-corrected chi connectivity index (χ2v) is 6.89. The molecule has 0 saturated carbocycles. The van der Waals surface area contributed by atoms with Crippen molar-refractivity contribution in [1.82, 2.24) is 0 Å². The van der Waals surface area contributed by atoms with Crippen LogP contribution in [-0.2, 0) is 0 Å². The second kappa shape index (κ2) is 2.74. The highest BCUT2D eigenvalue weighted by Gasteiger charge is 2.14. The van der Waals surface area contributed by atoms with Gasteiger partial charge in [0.1, 0.15) is 8.24 Å². The molecule has 46 valence electrons. The van der Waals surface area contributed by atoms with E-state index in [0.717, 1.165) is 6.04 Å². The quantitative estimate of drug-likeness (QED) is 0.238. The molecule has 0 fully saturated rings. The lowest BCUT2D eigenvalue weighted by molar-refractivity contribution is 1.31. The van der Waals surface area contributed by atoms with Gasteiger partial charge in [0.2, 0.25) is 0 Å². The summed E-state index contributed by atoms with van der Waals surface area (Å²) >= 11 is 0. The lowest BCUT2D eigenvalue weighted by Gasteiger charge is -2.08. The zero-order valence-electron chi connectivity index (χ0n) is 5.55. The Hall–Kier alpha value is -0.473. The van der Waals surface area contributed by atoms with E-state index in [1.165, 1.54) is 0 Å². The van der Waals surface area contributed by atoms with Crippen LogP contribution in [-0.4, -0.2) is 8.24 Å². The minimum atomic E-state index is -1.47. The molecule has 0 unspecified atom stereocenters. The normalized spacial score (nSPS) is 10.4. The van der Waals surface area contributed by atoms with Crippen molar-refractivity contribution in [3.63, 3.8) is 0 Å². The van der Waals surface area contributed by atoms with Gasteiger partial charge in [0.15, 0.2) is 0 Å². The molecule has 3 nitrogen and oxygen atoms in total. The third-order valence-electron chi connectivity index (χ3n) is 1.18. The van der Waals surface area contributed by atoms with Crippen LogP contribution in [0.2, 0.25) is 19.1 Å². The molecule has 0 spiro atoms. The SMILES string of the molecule is CC[Si](C)(C)N=[N+]=[N-]. The fourth-order valence-corrected chi connectivity index (χ4v) is 0.575. The molecule has 0 aliphatic carbocycles. The first-order valence-electron chi connectivity index (χ1n) is 2.68. The first kappa shape index (κ1) is 7.53. The molecule has 0 amide bonds. The predicted molar refractivity (Wildman–Crippen MR) is 37.1 cm³/mol. The van der Waals surface area contributed by atoms with Crippen LogP contribution in [0.1, 0.15) is 6.92 Å². The molecule has 8 heavy (non-hydrogen) atoms. The first-order chi connectivity index (χ1) is 3.62. The average molecular weight is 129 g/mol. The fraction of sp³-hybridized carbons (Fsp3) is 1.00. The van der Waals surface area contributed by atoms with Crippen LogP contribution in [0.3, 0.4) is 0 Å². The van der Waals surface area contributed by atoms with Gasteiger partial charge in [-0.1, -0.05) is 26.1 Å². The molecule has 0 atom stereocenters. The summed E-state index contributed by atoms with van der Waals surface area (Å²) in [5, 5.41) is 0. The van der Waals surface area contributed by atoms with Gasteiger partial charge in [-0.2, -0.15) is 0 Å². The van der Waals surface area contributed by atoms with Crippen LogP contribution in [0.15, 0.2) is 4.78 Å². The molecule has 0 aliphatic heterocycles. The maximum absolute atomic E-state index is 8.03. The van der Waals surface area contributed by atoms with Gasteiger partial charge in [-0.15, -0.1) is 4.78 Å². The van der Waals surface area contributed by atoms with Gasteiger partial charge in [-0.05, 0) is 10.4 Å². The molecular weight excluding hydrogens is 118 g/mol. The lowest BCUT2D eigenvalue weighted by atomic mass is 11.0. The average Bonchev–Trinajstić information content (AvgIpc) is 1.67. The molecule has 0 radical (unpaired) electrons. The van der Waals surface area contributed by atoms with Gasteiger partial charge in [-0.25, -0.2) is 0 Å². The van der Waals surface area contributed by atoms with E-state index in [1.54, 1.807) is 0 Å². The van der Waals surface area contributed by atoms with E-state index >= 15 is 0 Å². The van der Waals surface area contributed by atoms with E-state index < -0.39 is 8.24 Å². The molecule has 0 aliphatic rings. The summed E-state index contributed by atoms with van der Waals surface area (Å²) in [6, 6.07) is 1.02. The lowest BCUT2D eigenvalue weighted by Crippen LogP contribution is -2.18. The highest BCUT2D eigenvalue weighted by Crippen LogP contribution is 2.08. The van der Waals surface area contributed by atoms with Crippen molar-refractivity contribution in [2.45, 2.75) is 26.1 Å². The fourth-order valence-electron chi connectivity index (χ4n) is 0.192. The van der Waals surface area contributed by atoms with Gasteiger partial charge in [-0.3, -0.25) is 0 Å². The van der Waals surface area contributed by atoms with Crippen LogP contribution in [0.25, 0.3) is 10.4 Å². The summed E-state index contributed by atoms with van der Waals surface area (Å²) in [6.07, 6.45) is 0. The Morgan fingerprint density at radius 2 is 2.12 bits per heavy atom. The monoisotopic (exact) mass is 129 g/mol. The second-order valence-electron chi connectivity index (χ2n) is 2.36. The van der Waals surface area contributed by atoms with E-state index in [1.807, 2.05) is 13.1 Å². The zero-order chi connectivity index (χ0) is 6.62. The number of nitrogens with zero attached hydrogens (tertiary/aromatic N) is 3. The number of azide groups is 1. The Labute approximate surface area is 50.4 Å². The van der Waals surface area contributed by atoms with Gasteiger partial charge < -0.3 is 0 Å². The zero-order valence-corrected chi connectivity index (χ0v) is 6.55. The summed E-state index contributed by atoms with van der Waals surface area (Å²) in [4.78, 5) is 2.76. The Morgan fingerprint density at radius 1 is 1.62 bits per heavy atom. The van der Waals surface area contributed by atoms with Gasteiger partial charge >= 0.3 is 0 Å². The van der Waals surface area contributed by atoms with Crippen LogP contribution >= 0.6 is 0 Å². The Bertz CT molecular complexity index is 114. The molecule has 0 bridgehead atoms. The standard InChI is InChI=1S/C4H11N3Si/c1-4-8(2,3)7-6-5/h4H2,1-3H3. The summed E-state index contributed by atoms with van der Waals surface area (Å²) in [5.41, 5.74) is 8.03. The van der Waals surface area contributed by atoms with Crippen molar-refractivity contribution in [3.05, 3.63) is 10.4 Å². The van der Waals surface area contributed by atoms with E-state index in [4.69, 9.17) is 5.53 Å². The van der Waals surface area contributed by atoms with Crippen molar-refractivity contribution < 1.29 is 0 Å². The summed E-state index contributed by atoms with van der Waals surface area (Å²) in [5.74, 6) is 0. The van der Waals surface area contributed by atoms with Crippen molar-refractivity contribution in [2.24, 2.45) is 4.78 Å². The third-order valence-corrected chi connectivity index (χ3v) is 3.54. The minimum Gasteiger partial charge on any atom is -0.124 e. The number of rotatable bonds is 2. The molecular formula is C4H11N3Si. The van der Waals surface area contributed by atoms with Crippen LogP contribution in [0.5, 0.6) is 0 Å². The highest BCUT2D eigenvalue weighted by atomic mass is 28.3. The summed E-state index contributed by atoms with van der Waals surface area (Å²) < 4.78 is 3.69. The van der Waals surface area contributed by atoms with Gasteiger partial charge in [0, 0.05) is 0 Å². The Kier molecular flexibility index (Phi) is 2.58. The van der Waals surface area contributed by atoms with Crippen LogP contribution in [0, 0.1) is 0 Å². The molecule has 0 N–H and O–H groups in total. The molecule has 0 saturated heterocycles. The van der Waals surface area contributed by atoms with E-state index in [0.29, 0.717) is 0 Å². The molecule has 0 aromatic rings. The molecule has 0 aromatic carbocycles. The maximum atomic E-state index is 8.03. The minimum absolute atomic E-state index is 1.02. The van der Waals surface area contributed by atoms with Crippen molar-refractivity contribution in [1.29, 1.82) is 0 Å². The van der Waals surface area contributed by atoms with Crippen molar-refractivity contribution >= 4 is 8.24 Å². The van der Waals surface area contributed by atoms with E-state index in [9.17, 15) is 0 Å². The van der Waals surface area contributed by atoms with Crippen LogP contribution in [0.4, 0.5) is 0 Å². The largest absolute Gasteiger partial charge is 0.149 e. The highest BCUT2D eigenvalue weighted by molar-refractivity contribution is 6.75. The Balaban J connectivity index is 3.90. The third kappa shape index (κ3) is 2.66. The van der Waals surface area contributed by atoms with Crippen LogP contribution < -0.4 is 0 Å². The maximum Gasteiger partial charge on any atom is 0.149 e. The topological polar surface area (TPSA) is 48.8 Å². The molecule has 4 heteroatoms. The van der Waals surface area contributed by atoms with Gasteiger partial charge in [0.05, 0.1) is 0 Å². The summed E-state index contributed by atoms with van der Waals surface area (Å²) in [7, 11) is -1.47. The van der Waals surface area contributed by atoms with E-state index in [-0.39, 0.29) is 0 Å².